The van der Waals surface area contributed by atoms with Crippen LogP contribution in [0.1, 0.15) is 77.8 Å². The van der Waals surface area contributed by atoms with Crippen molar-refractivity contribution in [3.05, 3.63) is 71.7 Å². The minimum atomic E-state index is -0.996. The number of carbonyl (C=O) groups is 5. The van der Waals surface area contributed by atoms with E-state index in [9.17, 15) is 24.0 Å². The average Bonchev–Trinajstić information content (AvgIpc) is 3.87. The highest BCUT2D eigenvalue weighted by atomic mass is 16.2. The van der Waals surface area contributed by atoms with E-state index in [1.54, 1.807) is 30.6 Å². The molecular weight excluding hydrogens is 624 g/mol. The van der Waals surface area contributed by atoms with E-state index in [0.717, 1.165) is 54.5 Å². The molecule has 4 N–H and O–H groups in total. The van der Waals surface area contributed by atoms with Crippen molar-refractivity contribution in [3.8, 4) is 0 Å². The van der Waals surface area contributed by atoms with Gasteiger partial charge in [0.2, 0.25) is 17.7 Å². The Hall–Kier alpha value is -5.46. The highest BCUT2D eigenvalue weighted by Gasteiger charge is 2.51. The lowest BCUT2D eigenvalue weighted by Crippen LogP contribution is -2.54. The van der Waals surface area contributed by atoms with Crippen molar-refractivity contribution in [1.29, 1.82) is 0 Å². The molecule has 1 saturated carbocycles. The number of nitrogens with zero attached hydrogens (tertiary/aromatic N) is 5. The van der Waals surface area contributed by atoms with Crippen LogP contribution in [0.25, 0.3) is 16.6 Å². The molecule has 13 nitrogen and oxygen atoms in total. The molecule has 1 aromatic heterocycles. The summed E-state index contributed by atoms with van der Waals surface area (Å²) in [5, 5.41) is 5.53. The van der Waals surface area contributed by atoms with E-state index in [4.69, 9.17) is 10.7 Å². The molecule has 2 saturated heterocycles. The zero-order valence-corrected chi connectivity index (χ0v) is 27.1. The maximum Gasteiger partial charge on any atom is 0.262 e. The molecule has 0 radical (unpaired) electrons. The van der Waals surface area contributed by atoms with E-state index >= 15 is 0 Å². The van der Waals surface area contributed by atoms with Crippen LogP contribution in [0.5, 0.6) is 0 Å². The van der Waals surface area contributed by atoms with Crippen molar-refractivity contribution in [1.82, 2.24) is 25.1 Å². The first-order valence-corrected chi connectivity index (χ1v) is 16.8. The molecule has 4 aliphatic rings. The van der Waals surface area contributed by atoms with Crippen LogP contribution in [0.2, 0.25) is 0 Å². The molecule has 4 heterocycles. The van der Waals surface area contributed by atoms with Crippen LogP contribution in [-0.4, -0.2) is 87.2 Å². The molecule has 1 unspecified atom stereocenters. The molecule has 13 heteroatoms. The third-order valence-electron chi connectivity index (χ3n) is 10.0. The lowest BCUT2D eigenvalue weighted by Gasteiger charge is -2.33. The van der Waals surface area contributed by atoms with Gasteiger partial charge in [0.1, 0.15) is 6.04 Å². The molecular formula is C36H38N8O5. The molecule has 1 aliphatic carbocycles. The van der Waals surface area contributed by atoms with Crippen molar-refractivity contribution < 1.29 is 24.0 Å². The molecule has 0 bridgehead atoms. The Kier molecular flexibility index (Phi) is 8.66. The molecule has 5 amide bonds. The van der Waals surface area contributed by atoms with Crippen LogP contribution in [0, 0.1) is 5.41 Å². The molecule has 1 atom stereocenters. The number of imide groups is 2. The normalized spacial score (nSPS) is 21.0. The van der Waals surface area contributed by atoms with Crippen molar-refractivity contribution in [3.63, 3.8) is 0 Å². The Morgan fingerprint density at radius 3 is 2.51 bits per heavy atom. The fourth-order valence-corrected chi connectivity index (χ4v) is 6.99. The second kappa shape index (κ2) is 13.2. The number of piperidine rings is 2. The number of nitrogens with two attached hydrogens (primary N) is 1. The van der Waals surface area contributed by atoms with Crippen molar-refractivity contribution >= 4 is 58.0 Å². The summed E-state index contributed by atoms with van der Waals surface area (Å²) in [5.74, 6) is -1.88. The number of anilines is 1. The van der Waals surface area contributed by atoms with Crippen LogP contribution in [0.15, 0.2) is 59.9 Å². The molecule has 0 spiro atoms. The minimum Gasteiger partial charge on any atom is -0.404 e. The lowest BCUT2D eigenvalue weighted by atomic mass is 9.96. The second-order valence-electron chi connectivity index (χ2n) is 13.2. The second-order valence-corrected chi connectivity index (χ2v) is 13.2. The van der Waals surface area contributed by atoms with E-state index in [-0.39, 0.29) is 41.3 Å². The van der Waals surface area contributed by atoms with Gasteiger partial charge in [0.15, 0.2) is 0 Å². The summed E-state index contributed by atoms with van der Waals surface area (Å²) in [6, 6.07) is 11.7. The van der Waals surface area contributed by atoms with Gasteiger partial charge in [-0.05, 0) is 75.3 Å². The maximum absolute atomic E-state index is 13.6. The standard InChI is InChI=1S/C36H38N8O5/c37-19-22(29-21-40-27-4-1-2-5-28(27)41-29)20-39-23-10-16-43(17-11-23)35(49)36(13-14-36)12-3-15-38-24-6-7-25-26(18-24)34(48)44(33(25)47)30-8-9-31(45)42-32(30)46/h1-2,4-7,18-21,23,30,38H,3,8-17,37H2,(H,42,45,46). The number of hydrogen-bond donors (Lipinski definition) is 3. The molecule has 7 rings (SSSR count). The highest BCUT2D eigenvalue weighted by Crippen LogP contribution is 2.51. The average molecular weight is 663 g/mol. The summed E-state index contributed by atoms with van der Waals surface area (Å²) in [4.78, 5) is 80.4. The first-order valence-electron chi connectivity index (χ1n) is 16.8. The monoisotopic (exact) mass is 662 g/mol. The number of aliphatic imine (C=N–C) groups is 1. The summed E-state index contributed by atoms with van der Waals surface area (Å²) in [5.41, 5.74) is 9.74. The van der Waals surface area contributed by atoms with E-state index in [0.29, 0.717) is 36.6 Å². The number of rotatable bonds is 10. The highest BCUT2D eigenvalue weighted by molar-refractivity contribution is 6.23. The number of likely N-dealkylation sites (tertiary alicyclic amines) is 1. The summed E-state index contributed by atoms with van der Waals surface area (Å²) < 4.78 is 0. The Balaban J connectivity index is 0.878. The van der Waals surface area contributed by atoms with E-state index in [1.165, 1.54) is 6.20 Å². The van der Waals surface area contributed by atoms with Gasteiger partial charge in [0.25, 0.3) is 11.8 Å². The largest absolute Gasteiger partial charge is 0.404 e. The van der Waals surface area contributed by atoms with Gasteiger partial charge in [-0.15, -0.1) is 0 Å². The number of carbonyl (C=O) groups excluding carboxylic acids is 5. The van der Waals surface area contributed by atoms with Crippen LogP contribution >= 0.6 is 0 Å². The number of allylic oxidation sites excluding steroid dienone is 1. The third kappa shape index (κ3) is 6.40. The number of para-hydroxylation sites is 2. The third-order valence-corrected chi connectivity index (χ3v) is 10.0. The number of nitrogens with one attached hydrogen (secondary N) is 2. The van der Waals surface area contributed by atoms with Gasteiger partial charge in [0, 0.05) is 55.1 Å². The SMILES string of the molecule is NC=C(C=NC1CCN(C(=O)C2(CCCNc3ccc4c(c3)C(=O)N(C3CCC(=O)NC3=O)C4=O)CC2)CC1)c1cnc2ccccc2n1. The fourth-order valence-electron chi connectivity index (χ4n) is 6.99. The first-order chi connectivity index (χ1) is 23.8. The van der Waals surface area contributed by atoms with Crippen LogP contribution < -0.4 is 16.4 Å². The summed E-state index contributed by atoms with van der Waals surface area (Å²) in [6.07, 6.45) is 10.0. The van der Waals surface area contributed by atoms with Gasteiger partial charge in [0.05, 0.1) is 40.1 Å². The summed E-state index contributed by atoms with van der Waals surface area (Å²) >= 11 is 0. The Morgan fingerprint density at radius 1 is 1.02 bits per heavy atom. The van der Waals surface area contributed by atoms with Gasteiger partial charge in [-0.1, -0.05) is 12.1 Å². The van der Waals surface area contributed by atoms with Crippen LogP contribution in [0.4, 0.5) is 5.69 Å². The quantitative estimate of drug-likeness (QED) is 0.167. The zero-order valence-electron chi connectivity index (χ0n) is 27.1. The molecule has 49 heavy (non-hydrogen) atoms. The predicted octanol–water partition coefficient (Wildman–Crippen LogP) is 3.06. The van der Waals surface area contributed by atoms with Gasteiger partial charge >= 0.3 is 0 Å². The van der Waals surface area contributed by atoms with Crippen LogP contribution in [0.3, 0.4) is 0 Å². The van der Waals surface area contributed by atoms with E-state index in [2.05, 4.69) is 20.6 Å². The number of amides is 5. The smallest absolute Gasteiger partial charge is 0.262 e. The lowest BCUT2D eigenvalue weighted by molar-refractivity contribution is -0.138. The number of aromatic nitrogens is 2. The summed E-state index contributed by atoms with van der Waals surface area (Å²) in [7, 11) is 0. The number of benzene rings is 2. The van der Waals surface area contributed by atoms with E-state index in [1.807, 2.05) is 29.2 Å². The Morgan fingerprint density at radius 2 is 1.78 bits per heavy atom. The fraction of sp³-hybridized carbons (Fsp3) is 0.389. The number of fused-ring (bicyclic) bond motifs is 2. The topological polar surface area (TPSA) is 180 Å². The maximum atomic E-state index is 13.6. The molecule has 3 aromatic rings. The molecule has 2 aromatic carbocycles. The van der Waals surface area contributed by atoms with Gasteiger partial charge in [-0.25, -0.2) is 4.98 Å². The molecule has 252 valence electrons. The van der Waals surface area contributed by atoms with Crippen molar-refractivity contribution in [2.24, 2.45) is 16.1 Å². The van der Waals surface area contributed by atoms with Crippen LogP contribution in [-0.2, 0) is 14.4 Å². The van der Waals surface area contributed by atoms with Gasteiger partial charge in [-0.2, -0.15) is 0 Å². The van der Waals surface area contributed by atoms with Crippen molar-refractivity contribution in [2.75, 3.05) is 25.0 Å². The number of hydrogen-bond acceptors (Lipinski definition) is 10. The van der Waals surface area contributed by atoms with Gasteiger partial charge < -0.3 is 16.0 Å². The van der Waals surface area contributed by atoms with Gasteiger partial charge in [-0.3, -0.25) is 44.2 Å². The molecule has 3 aliphatic heterocycles. The Bertz CT molecular complexity index is 1910. The predicted molar refractivity (Wildman–Crippen MR) is 182 cm³/mol. The zero-order chi connectivity index (χ0) is 34.1. The minimum absolute atomic E-state index is 0.0743. The first kappa shape index (κ1) is 32.1. The Labute approximate surface area is 283 Å². The van der Waals surface area contributed by atoms with Crippen molar-refractivity contribution in [2.45, 2.75) is 63.5 Å². The molecule has 3 fully saturated rings. The van der Waals surface area contributed by atoms with E-state index < -0.39 is 29.7 Å². The summed E-state index contributed by atoms with van der Waals surface area (Å²) in [6.45, 7) is 1.92.